The maximum absolute atomic E-state index is 12.1. The second-order valence-electron chi connectivity index (χ2n) is 5.19. The summed E-state index contributed by atoms with van der Waals surface area (Å²) in [4.78, 5) is 25.0. The minimum absolute atomic E-state index is 0.413. The summed E-state index contributed by atoms with van der Waals surface area (Å²) in [5.74, 6) is 2.05. The standard InChI is InChI=1S/C13H19NO4/c1-6-9-7-8-10(11(15)17-5)14(9)12(16)18-13(2,3)4/h1,9-10H,7-8H2,2-5H3/t9-,10+/m1/s1. The van der Waals surface area contributed by atoms with Crippen LogP contribution in [0.2, 0.25) is 0 Å². The van der Waals surface area contributed by atoms with Gasteiger partial charge in [0.1, 0.15) is 11.6 Å². The van der Waals surface area contributed by atoms with Crippen LogP contribution in [0, 0.1) is 12.3 Å². The van der Waals surface area contributed by atoms with Crippen molar-refractivity contribution < 1.29 is 19.1 Å². The molecule has 0 aromatic heterocycles. The molecule has 0 unspecified atom stereocenters. The molecule has 1 aliphatic heterocycles. The minimum Gasteiger partial charge on any atom is -0.467 e. The fourth-order valence-corrected chi connectivity index (χ4v) is 1.91. The second kappa shape index (κ2) is 5.30. The Morgan fingerprint density at radius 1 is 1.33 bits per heavy atom. The average Bonchev–Trinajstić information content (AvgIpc) is 2.69. The van der Waals surface area contributed by atoms with Crippen LogP contribution in [-0.2, 0) is 14.3 Å². The summed E-state index contributed by atoms with van der Waals surface area (Å²) < 4.78 is 9.94. The van der Waals surface area contributed by atoms with Crippen LogP contribution >= 0.6 is 0 Å². The van der Waals surface area contributed by atoms with Gasteiger partial charge in [-0.15, -0.1) is 6.42 Å². The van der Waals surface area contributed by atoms with Crippen molar-refractivity contribution in [1.29, 1.82) is 0 Å². The number of ether oxygens (including phenoxy) is 2. The number of likely N-dealkylation sites (tertiary alicyclic amines) is 1. The molecule has 0 N–H and O–H groups in total. The fourth-order valence-electron chi connectivity index (χ4n) is 1.91. The first-order valence-electron chi connectivity index (χ1n) is 5.85. The van der Waals surface area contributed by atoms with Gasteiger partial charge in [0.2, 0.25) is 0 Å². The number of terminal acetylenes is 1. The van der Waals surface area contributed by atoms with Crippen LogP contribution in [0.1, 0.15) is 33.6 Å². The Kier molecular flexibility index (Phi) is 4.23. The van der Waals surface area contributed by atoms with Crippen LogP contribution in [0.15, 0.2) is 0 Å². The van der Waals surface area contributed by atoms with Crippen molar-refractivity contribution in [2.24, 2.45) is 0 Å². The van der Waals surface area contributed by atoms with Crippen LogP contribution < -0.4 is 0 Å². The van der Waals surface area contributed by atoms with E-state index in [1.807, 2.05) is 0 Å². The Morgan fingerprint density at radius 2 is 1.94 bits per heavy atom. The Hall–Kier alpha value is -1.70. The number of esters is 1. The first-order valence-corrected chi connectivity index (χ1v) is 5.85. The lowest BCUT2D eigenvalue weighted by atomic mass is 10.2. The number of rotatable bonds is 1. The predicted octanol–water partition coefficient (Wildman–Crippen LogP) is 1.56. The Bertz CT molecular complexity index is 377. The van der Waals surface area contributed by atoms with Gasteiger partial charge in [-0.2, -0.15) is 0 Å². The van der Waals surface area contributed by atoms with E-state index in [0.717, 1.165) is 0 Å². The molecule has 0 aliphatic carbocycles. The Balaban J connectivity index is 2.88. The highest BCUT2D eigenvalue weighted by Gasteiger charge is 2.42. The number of nitrogens with zero attached hydrogens (tertiary/aromatic N) is 1. The van der Waals surface area contributed by atoms with E-state index in [1.54, 1.807) is 20.8 Å². The smallest absolute Gasteiger partial charge is 0.412 e. The molecule has 1 amide bonds. The summed E-state index contributed by atoms with van der Waals surface area (Å²) in [5, 5.41) is 0. The third-order valence-corrected chi connectivity index (χ3v) is 2.66. The molecule has 1 heterocycles. The zero-order valence-electron chi connectivity index (χ0n) is 11.2. The lowest BCUT2D eigenvalue weighted by molar-refractivity contribution is -0.145. The predicted molar refractivity (Wildman–Crippen MR) is 65.7 cm³/mol. The monoisotopic (exact) mass is 253 g/mol. The fraction of sp³-hybridized carbons (Fsp3) is 0.692. The molecular weight excluding hydrogens is 234 g/mol. The molecule has 1 saturated heterocycles. The van der Waals surface area contributed by atoms with Crippen molar-refractivity contribution in [1.82, 2.24) is 4.90 Å². The van der Waals surface area contributed by atoms with Crippen molar-refractivity contribution in [3.63, 3.8) is 0 Å². The molecule has 1 aliphatic rings. The Labute approximate surface area is 107 Å². The SMILES string of the molecule is C#C[C@@H]1CC[C@@H](C(=O)OC)N1C(=O)OC(C)(C)C. The molecule has 18 heavy (non-hydrogen) atoms. The summed E-state index contributed by atoms with van der Waals surface area (Å²) in [7, 11) is 1.29. The normalized spacial score (nSPS) is 23.4. The molecule has 5 nitrogen and oxygen atoms in total. The van der Waals surface area contributed by atoms with Gasteiger partial charge in [0.15, 0.2) is 0 Å². The van der Waals surface area contributed by atoms with Gasteiger partial charge in [-0.3, -0.25) is 4.90 Å². The molecule has 5 heteroatoms. The zero-order chi connectivity index (χ0) is 13.9. The summed E-state index contributed by atoms with van der Waals surface area (Å²) >= 11 is 0. The third kappa shape index (κ3) is 3.16. The molecule has 1 fully saturated rings. The summed E-state index contributed by atoms with van der Waals surface area (Å²) in [5.41, 5.74) is -0.626. The molecule has 0 spiro atoms. The van der Waals surface area contributed by atoms with Gasteiger partial charge in [0, 0.05) is 0 Å². The first-order chi connectivity index (χ1) is 8.30. The topological polar surface area (TPSA) is 55.8 Å². The maximum atomic E-state index is 12.1. The van der Waals surface area contributed by atoms with E-state index in [1.165, 1.54) is 12.0 Å². The largest absolute Gasteiger partial charge is 0.467 e. The maximum Gasteiger partial charge on any atom is 0.412 e. The van der Waals surface area contributed by atoms with Crippen LogP contribution in [-0.4, -0.2) is 41.8 Å². The highest BCUT2D eigenvalue weighted by molar-refractivity contribution is 5.82. The third-order valence-electron chi connectivity index (χ3n) is 2.66. The number of carbonyl (C=O) groups excluding carboxylic acids is 2. The van der Waals surface area contributed by atoms with E-state index < -0.39 is 29.7 Å². The molecule has 0 saturated carbocycles. The van der Waals surface area contributed by atoms with E-state index in [4.69, 9.17) is 11.2 Å². The molecule has 0 bridgehead atoms. The van der Waals surface area contributed by atoms with Gasteiger partial charge in [-0.05, 0) is 33.6 Å². The Morgan fingerprint density at radius 3 is 2.39 bits per heavy atom. The molecule has 1 rings (SSSR count). The molecular formula is C13H19NO4. The quantitative estimate of drug-likeness (QED) is 0.525. The number of hydrogen-bond acceptors (Lipinski definition) is 4. The highest BCUT2D eigenvalue weighted by Crippen LogP contribution is 2.26. The van der Waals surface area contributed by atoms with Crippen molar-refractivity contribution in [3.05, 3.63) is 0 Å². The lowest BCUT2D eigenvalue weighted by Crippen LogP contribution is -2.47. The van der Waals surface area contributed by atoms with Crippen molar-refractivity contribution in [2.45, 2.75) is 51.3 Å². The number of amides is 1. The summed E-state index contributed by atoms with van der Waals surface area (Å²) in [6.45, 7) is 5.29. The summed E-state index contributed by atoms with van der Waals surface area (Å²) in [6, 6.07) is -1.06. The van der Waals surface area contributed by atoms with Gasteiger partial charge >= 0.3 is 12.1 Å². The van der Waals surface area contributed by atoms with E-state index in [-0.39, 0.29) is 0 Å². The van der Waals surface area contributed by atoms with E-state index in [9.17, 15) is 9.59 Å². The average molecular weight is 253 g/mol. The second-order valence-corrected chi connectivity index (χ2v) is 5.19. The van der Waals surface area contributed by atoms with E-state index in [2.05, 4.69) is 10.7 Å². The van der Waals surface area contributed by atoms with E-state index >= 15 is 0 Å². The molecule has 0 aromatic carbocycles. The van der Waals surface area contributed by atoms with Gasteiger partial charge in [0.05, 0.1) is 13.2 Å². The molecule has 100 valence electrons. The van der Waals surface area contributed by atoms with Crippen molar-refractivity contribution in [2.75, 3.05) is 7.11 Å². The van der Waals surface area contributed by atoms with Crippen molar-refractivity contribution >= 4 is 12.1 Å². The van der Waals surface area contributed by atoms with Crippen molar-refractivity contribution in [3.8, 4) is 12.3 Å². The number of methoxy groups -OCH3 is 1. The van der Waals surface area contributed by atoms with Gasteiger partial charge in [-0.25, -0.2) is 9.59 Å². The van der Waals surface area contributed by atoms with Gasteiger partial charge < -0.3 is 9.47 Å². The summed E-state index contributed by atoms with van der Waals surface area (Å²) in [6.07, 6.45) is 5.89. The molecule has 0 radical (unpaired) electrons. The highest BCUT2D eigenvalue weighted by atomic mass is 16.6. The number of carbonyl (C=O) groups is 2. The zero-order valence-corrected chi connectivity index (χ0v) is 11.2. The van der Waals surface area contributed by atoms with Crippen LogP contribution in [0.4, 0.5) is 4.79 Å². The van der Waals surface area contributed by atoms with Crippen LogP contribution in [0.5, 0.6) is 0 Å². The van der Waals surface area contributed by atoms with Gasteiger partial charge in [0.25, 0.3) is 0 Å². The lowest BCUT2D eigenvalue weighted by Gasteiger charge is -2.29. The van der Waals surface area contributed by atoms with E-state index in [0.29, 0.717) is 12.8 Å². The van der Waals surface area contributed by atoms with Gasteiger partial charge in [-0.1, -0.05) is 5.92 Å². The first kappa shape index (κ1) is 14.4. The molecule has 2 atom stereocenters. The minimum atomic E-state index is -0.647. The van der Waals surface area contributed by atoms with Crippen LogP contribution in [0.3, 0.4) is 0 Å². The number of hydrogen-bond donors (Lipinski definition) is 0. The van der Waals surface area contributed by atoms with Crippen LogP contribution in [0.25, 0.3) is 0 Å². The molecule has 0 aromatic rings.